The highest BCUT2D eigenvalue weighted by Crippen LogP contribution is 2.31. The van der Waals surface area contributed by atoms with E-state index in [1.807, 2.05) is 30.3 Å². The predicted molar refractivity (Wildman–Crippen MR) is 101 cm³/mol. The first-order chi connectivity index (χ1) is 12.3. The zero-order chi connectivity index (χ0) is 17.1. The summed E-state index contributed by atoms with van der Waals surface area (Å²) in [6, 6.07) is 16.3. The summed E-state index contributed by atoms with van der Waals surface area (Å²) in [6.45, 7) is 3.41. The Morgan fingerprint density at radius 3 is 2.56 bits per heavy atom. The van der Waals surface area contributed by atoms with Crippen LogP contribution in [0.1, 0.15) is 18.4 Å². The third kappa shape index (κ3) is 4.00. The molecule has 130 valence electrons. The molecule has 1 N–H and O–H groups in total. The van der Waals surface area contributed by atoms with Crippen LogP contribution in [0.5, 0.6) is 10.9 Å². The Balaban J connectivity index is 1.37. The average molecular weight is 354 g/mol. The van der Waals surface area contributed by atoms with Gasteiger partial charge in [0.05, 0.1) is 10.2 Å². The molecule has 0 bridgehead atoms. The number of ether oxygens (including phenoxy) is 1. The summed E-state index contributed by atoms with van der Waals surface area (Å²) in [7, 11) is 0. The summed E-state index contributed by atoms with van der Waals surface area (Å²) >= 11 is 1.57. The van der Waals surface area contributed by atoms with Gasteiger partial charge in [-0.1, -0.05) is 35.6 Å². The maximum Gasteiger partial charge on any atom is 0.279 e. The molecule has 0 aliphatic carbocycles. The van der Waals surface area contributed by atoms with Crippen molar-refractivity contribution in [1.82, 2.24) is 9.88 Å². The number of aliphatic hydroxyl groups is 1. The third-order valence-electron chi connectivity index (χ3n) is 4.77. The Bertz CT molecular complexity index is 790. The number of aliphatic hydroxyl groups excluding tert-OH is 1. The average Bonchev–Trinajstić information content (AvgIpc) is 3.06. The topological polar surface area (TPSA) is 45.6 Å². The number of nitrogens with zero attached hydrogens (tertiary/aromatic N) is 2. The second kappa shape index (κ2) is 7.52. The first-order valence-corrected chi connectivity index (χ1v) is 9.57. The number of rotatable bonds is 5. The fourth-order valence-electron chi connectivity index (χ4n) is 3.24. The molecular formula is C20H22N2O2S. The largest absolute Gasteiger partial charge is 0.431 e. The van der Waals surface area contributed by atoms with Gasteiger partial charge < -0.3 is 9.84 Å². The van der Waals surface area contributed by atoms with Crippen molar-refractivity contribution >= 4 is 21.6 Å². The van der Waals surface area contributed by atoms with Gasteiger partial charge in [-0.3, -0.25) is 4.90 Å². The molecule has 4 nitrogen and oxygen atoms in total. The van der Waals surface area contributed by atoms with Crippen LogP contribution >= 0.6 is 11.3 Å². The third-order valence-corrected chi connectivity index (χ3v) is 5.69. The second-order valence-corrected chi connectivity index (χ2v) is 7.59. The number of fused-ring (bicyclic) bond motifs is 1. The van der Waals surface area contributed by atoms with Crippen LogP contribution in [0.15, 0.2) is 48.5 Å². The number of likely N-dealkylation sites (tertiary alicyclic amines) is 1. The minimum Gasteiger partial charge on any atom is -0.431 e. The summed E-state index contributed by atoms with van der Waals surface area (Å²) in [4.78, 5) is 6.96. The van der Waals surface area contributed by atoms with Gasteiger partial charge in [-0.25, -0.2) is 4.98 Å². The molecule has 0 atom stereocenters. The van der Waals surface area contributed by atoms with Gasteiger partial charge in [0.15, 0.2) is 0 Å². The Hall–Kier alpha value is -1.95. The summed E-state index contributed by atoms with van der Waals surface area (Å²) in [6.07, 6.45) is 2.19. The van der Waals surface area contributed by atoms with Crippen molar-refractivity contribution in [3.8, 4) is 10.9 Å². The van der Waals surface area contributed by atoms with Gasteiger partial charge in [-0.05, 0) is 61.7 Å². The minimum atomic E-state index is 0.325. The zero-order valence-electron chi connectivity index (χ0n) is 14.1. The minimum absolute atomic E-state index is 0.325. The standard InChI is InChI=1S/C20H22N2O2S/c23-14-16-9-11-22(12-10-16)13-15-5-7-17(8-6-15)24-20-21-18-3-1-2-4-19(18)25-20/h1-8,16,23H,9-14H2. The van der Waals surface area contributed by atoms with Crippen molar-refractivity contribution in [3.05, 3.63) is 54.1 Å². The van der Waals surface area contributed by atoms with E-state index >= 15 is 0 Å². The van der Waals surface area contributed by atoms with Crippen molar-refractivity contribution in [2.75, 3.05) is 19.7 Å². The van der Waals surface area contributed by atoms with E-state index in [1.54, 1.807) is 11.3 Å². The maximum absolute atomic E-state index is 9.23. The number of aromatic nitrogens is 1. The smallest absolute Gasteiger partial charge is 0.279 e. The highest BCUT2D eigenvalue weighted by molar-refractivity contribution is 7.20. The molecule has 1 fully saturated rings. The van der Waals surface area contributed by atoms with Crippen molar-refractivity contribution in [1.29, 1.82) is 0 Å². The van der Waals surface area contributed by atoms with Gasteiger partial charge >= 0.3 is 0 Å². The highest BCUT2D eigenvalue weighted by atomic mass is 32.1. The monoisotopic (exact) mass is 354 g/mol. The summed E-state index contributed by atoms with van der Waals surface area (Å²) in [5, 5.41) is 9.91. The molecule has 3 aromatic rings. The van der Waals surface area contributed by atoms with Gasteiger partial charge in [0.2, 0.25) is 0 Å². The van der Waals surface area contributed by atoms with E-state index in [9.17, 15) is 5.11 Å². The number of piperidine rings is 1. The van der Waals surface area contributed by atoms with Crippen molar-refractivity contribution in [3.63, 3.8) is 0 Å². The molecule has 25 heavy (non-hydrogen) atoms. The molecular weight excluding hydrogens is 332 g/mol. The molecule has 0 saturated carbocycles. The van der Waals surface area contributed by atoms with E-state index in [4.69, 9.17) is 4.74 Å². The lowest BCUT2D eigenvalue weighted by molar-refractivity contribution is 0.127. The Morgan fingerprint density at radius 1 is 1.08 bits per heavy atom. The molecule has 1 saturated heterocycles. The van der Waals surface area contributed by atoms with Crippen LogP contribution in [0.3, 0.4) is 0 Å². The van der Waals surface area contributed by atoms with Gasteiger partial charge in [-0.2, -0.15) is 0 Å². The maximum atomic E-state index is 9.23. The highest BCUT2D eigenvalue weighted by Gasteiger charge is 2.18. The lowest BCUT2D eigenvalue weighted by atomic mass is 9.97. The first kappa shape index (κ1) is 16.5. The molecule has 0 radical (unpaired) electrons. The van der Waals surface area contributed by atoms with Gasteiger partial charge in [0.1, 0.15) is 5.75 Å². The van der Waals surface area contributed by atoms with Crippen LogP contribution in [0.2, 0.25) is 0 Å². The van der Waals surface area contributed by atoms with Crippen LogP contribution in [0, 0.1) is 5.92 Å². The molecule has 1 aliphatic rings. The molecule has 2 aromatic carbocycles. The van der Waals surface area contributed by atoms with E-state index in [2.05, 4.69) is 28.1 Å². The second-order valence-electron chi connectivity index (χ2n) is 6.60. The van der Waals surface area contributed by atoms with E-state index in [1.165, 1.54) is 5.56 Å². The first-order valence-electron chi connectivity index (χ1n) is 8.76. The van der Waals surface area contributed by atoms with Crippen LogP contribution < -0.4 is 4.74 Å². The van der Waals surface area contributed by atoms with Gasteiger partial charge in [-0.15, -0.1) is 0 Å². The SMILES string of the molecule is OCC1CCN(Cc2ccc(Oc3nc4ccccc4s3)cc2)CC1. The zero-order valence-corrected chi connectivity index (χ0v) is 14.9. The fraction of sp³-hybridized carbons (Fsp3) is 0.350. The number of thiazole rings is 1. The number of hydrogen-bond donors (Lipinski definition) is 1. The van der Waals surface area contributed by atoms with Crippen LogP contribution in [-0.4, -0.2) is 34.7 Å². The lowest BCUT2D eigenvalue weighted by Gasteiger charge is -2.31. The normalized spacial score (nSPS) is 16.4. The van der Waals surface area contributed by atoms with E-state index in [0.717, 1.165) is 48.4 Å². The van der Waals surface area contributed by atoms with Crippen molar-refractivity contribution < 1.29 is 9.84 Å². The number of benzene rings is 2. The molecule has 0 spiro atoms. The van der Waals surface area contributed by atoms with Crippen LogP contribution in [0.25, 0.3) is 10.2 Å². The molecule has 0 unspecified atom stereocenters. The van der Waals surface area contributed by atoms with Crippen molar-refractivity contribution in [2.24, 2.45) is 5.92 Å². The molecule has 2 heterocycles. The summed E-state index contributed by atoms with van der Waals surface area (Å²) in [5.41, 5.74) is 2.27. The summed E-state index contributed by atoms with van der Waals surface area (Å²) in [5.74, 6) is 1.31. The summed E-state index contributed by atoms with van der Waals surface area (Å²) < 4.78 is 7.04. The van der Waals surface area contributed by atoms with Crippen LogP contribution in [0.4, 0.5) is 0 Å². The fourth-order valence-corrected chi connectivity index (χ4v) is 4.08. The Kier molecular flexibility index (Phi) is 4.97. The molecule has 4 rings (SSSR count). The predicted octanol–water partition coefficient (Wildman–Crippen LogP) is 4.29. The molecule has 5 heteroatoms. The van der Waals surface area contributed by atoms with E-state index < -0.39 is 0 Å². The molecule has 1 aliphatic heterocycles. The van der Waals surface area contributed by atoms with Gasteiger partial charge in [0, 0.05) is 13.2 Å². The number of hydrogen-bond acceptors (Lipinski definition) is 5. The number of para-hydroxylation sites is 1. The Labute approximate surface area is 151 Å². The van der Waals surface area contributed by atoms with Crippen LogP contribution in [-0.2, 0) is 6.54 Å². The van der Waals surface area contributed by atoms with Gasteiger partial charge in [0.25, 0.3) is 5.19 Å². The Morgan fingerprint density at radius 2 is 1.84 bits per heavy atom. The van der Waals surface area contributed by atoms with E-state index in [0.29, 0.717) is 17.7 Å². The van der Waals surface area contributed by atoms with E-state index in [-0.39, 0.29) is 0 Å². The quantitative estimate of drug-likeness (QED) is 0.742. The molecule has 0 amide bonds. The van der Waals surface area contributed by atoms with Crippen molar-refractivity contribution in [2.45, 2.75) is 19.4 Å². The molecule has 1 aromatic heterocycles. The lowest BCUT2D eigenvalue weighted by Crippen LogP contribution is -2.34.